The maximum atomic E-state index is 12.6. The Kier molecular flexibility index (Phi) is 5.34. The summed E-state index contributed by atoms with van der Waals surface area (Å²) in [6.07, 6.45) is -4.08. The lowest BCUT2D eigenvalue weighted by Crippen LogP contribution is -2.21. The van der Waals surface area contributed by atoms with E-state index in [-0.39, 0.29) is 34.9 Å². The lowest BCUT2D eigenvalue weighted by molar-refractivity contribution is -0.153. The zero-order valence-corrected chi connectivity index (χ0v) is 13.8. The molecule has 1 fully saturated rings. The number of aliphatic carboxylic acids is 1. The van der Waals surface area contributed by atoms with E-state index in [0.29, 0.717) is 0 Å². The van der Waals surface area contributed by atoms with Crippen LogP contribution in [0.4, 0.5) is 13.2 Å². The quantitative estimate of drug-likeness (QED) is 0.839. The number of rotatable bonds is 5. The van der Waals surface area contributed by atoms with Crippen LogP contribution in [0, 0.1) is 5.92 Å². The largest absolute Gasteiger partial charge is 0.484 e. The van der Waals surface area contributed by atoms with Crippen LogP contribution in [-0.2, 0) is 14.6 Å². The molecule has 1 aromatic carbocycles. The van der Waals surface area contributed by atoms with Crippen LogP contribution in [0.5, 0.6) is 5.75 Å². The van der Waals surface area contributed by atoms with E-state index in [2.05, 4.69) is 4.74 Å². The molecule has 0 unspecified atom stereocenters. The van der Waals surface area contributed by atoms with E-state index in [4.69, 9.17) is 16.7 Å². The van der Waals surface area contributed by atoms with Gasteiger partial charge in [-0.05, 0) is 31.4 Å². The maximum Gasteiger partial charge on any atom is 0.422 e. The van der Waals surface area contributed by atoms with Gasteiger partial charge in [0, 0.05) is 6.07 Å². The number of ether oxygens (including phenoxy) is 1. The fourth-order valence-electron chi connectivity index (χ4n) is 2.59. The molecule has 0 heterocycles. The van der Waals surface area contributed by atoms with Crippen LogP contribution in [0.15, 0.2) is 23.1 Å². The van der Waals surface area contributed by atoms with Gasteiger partial charge in [-0.15, -0.1) is 0 Å². The van der Waals surface area contributed by atoms with Crippen LogP contribution in [0.2, 0.25) is 5.02 Å². The molecule has 2 atom stereocenters. The van der Waals surface area contributed by atoms with Gasteiger partial charge < -0.3 is 9.84 Å². The molecule has 5 nitrogen and oxygen atoms in total. The molecule has 1 N–H and O–H groups in total. The third-order valence-corrected chi connectivity index (χ3v) is 6.48. The highest BCUT2D eigenvalue weighted by atomic mass is 35.5. The van der Waals surface area contributed by atoms with Crippen LogP contribution in [0.25, 0.3) is 0 Å². The normalized spacial score (nSPS) is 21.7. The van der Waals surface area contributed by atoms with Gasteiger partial charge in [0.25, 0.3) is 0 Å². The van der Waals surface area contributed by atoms with E-state index in [1.54, 1.807) is 0 Å². The molecule has 0 radical (unpaired) electrons. The van der Waals surface area contributed by atoms with Gasteiger partial charge >= 0.3 is 12.1 Å². The van der Waals surface area contributed by atoms with Gasteiger partial charge in [0.1, 0.15) is 5.75 Å². The summed E-state index contributed by atoms with van der Waals surface area (Å²) in [5.74, 6) is -1.97. The number of alkyl halides is 3. The van der Waals surface area contributed by atoms with Crippen molar-refractivity contribution in [1.82, 2.24) is 0 Å². The van der Waals surface area contributed by atoms with E-state index in [9.17, 15) is 26.4 Å². The summed E-state index contributed by atoms with van der Waals surface area (Å²) in [6.45, 7) is -1.52. The Balaban J connectivity index is 2.18. The van der Waals surface area contributed by atoms with Crippen molar-refractivity contribution in [2.24, 2.45) is 5.92 Å². The van der Waals surface area contributed by atoms with Crippen molar-refractivity contribution in [3.05, 3.63) is 23.2 Å². The predicted molar refractivity (Wildman–Crippen MR) is 79.0 cm³/mol. The molecular weight excluding hydrogens is 373 g/mol. The monoisotopic (exact) mass is 386 g/mol. The summed E-state index contributed by atoms with van der Waals surface area (Å²) in [7, 11) is -3.87. The van der Waals surface area contributed by atoms with Gasteiger partial charge in [0.15, 0.2) is 16.4 Å². The zero-order chi connectivity index (χ0) is 18.1. The van der Waals surface area contributed by atoms with Crippen molar-refractivity contribution in [2.45, 2.75) is 35.6 Å². The number of hydrogen-bond acceptors (Lipinski definition) is 4. The van der Waals surface area contributed by atoms with Gasteiger partial charge in [-0.2, -0.15) is 13.2 Å². The Morgan fingerprint density at radius 1 is 1.33 bits per heavy atom. The lowest BCUT2D eigenvalue weighted by Gasteiger charge is -2.14. The van der Waals surface area contributed by atoms with Gasteiger partial charge in [0.2, 0.25) is 0 Å². The van der Waals surface area contributed by atoms with Crippen molar-refractivity contribution in [3.63, 3.8) is 0 Å². The number of halogens is 4. The van der Waals surface area contributed by atoms with Crippen LogP contribution in [0.3, 0.4) is 0 Å². The first-order chi connectivity index (χ1) is 11.0. The highest BCUT2D eigenvalue weighted by Crippen LogP contribution is 2.37. The summed E-state index contributed by atoms with van der Waals surface area (Å²) < 4.78 is 66.0. The van der Waals surface area contributed by atoms with Gasteiger partial charge in [-0.3, -0.25) is 4.79 Å². The minimum atomic E-state index is -4.52. The smallest absolute Gasteiger partial charge is 0.422 e. The highest BCUT2D eigenvalue weighted by Gasteiger charge is 2.39. The van der Waals surface area contributed by atoms with Crippen molar-refractivity contribution >= 4 is 27.4 Å². The van der Waals surface area contributed by atoms with Gasteiger partial charge in [-0.1, -0.05) is 11.6 Å². The Morgan fingerprint density at radius 2 is 2.00 bits per heavy atom. The molecule has 1 aliphatic rings. The van der Waals surface area contributed by atoms with E-state index < -0.39 is 39.8 Å². The predicted octanol–water partition coefficient (Wildman–Crippen LogP) is 3.31. The number of sulfone groups is 1. The third kappa shape index (κ3) is 4.32. The summed E-state index contributed by atoms with van der Waals surface area (Å²) in [4.78, 5) is 10.7. The second-order valence-electron chi connectivity index (χ2n) is 5.51. The lowest BCUT2D eigenvalue weighted by atomic mass is 10.1. The Morgan fingerprint density at radius 3 is 2.50 bits per heavy atom. The number of carbonyl (C=O) groups is 1. The summed E-state index contributed by atoms with van der Waals surface area (Å²) in [5.41, 5.74) is 0. The van der Waals surface area contributed by atoms with Crippen molar-refractivity contribution in [2.75, 3.05) is 6.61 Å². The Hall–Kier alpha value is -1.48. The van der Waals surface area contributed by atoms with Crippen molar-refractivity contribution in [3.8, 4) is 5.75 Å². The highest BCUT2D eigenvalue weighted by molar-refractivity contribution is 7.92. The first-order valence-electron chi connectivity index (χ1n) is 6.96. The first kappa shape index (κ1) is 18.9. The number of benzene rings is 1. The third-order valence-electron chi connectivity index (χ3n) is 3.78. The molecule has 1 saturated carbocycles. The summed E-state index contributed by atoms with van der Waals surface area (Å²) in [6, 6.07) is 3.18. The molecule has 2 rings (SSSR count). The van der Waals surface area contributed by atoms with Crippen molar-refractivity contribution < 1.29 is 36.2 Å². The Bertz CT molecular complexity index is 732. The maximum absolute atomic E-state index is 12.6. The molecule has 24 heavy (non-hydrogen) atoms. The van der Waals surface area contributed by atoms with Crippen LogP contribution >= 0.6 is 11.6 Å². The fraction of sp³-hybridized carbons (Fsp3) is 0.500. The van der Waals surface area contributed by atoms with Crippen LogP contribution in [-0.4, -0.2) is 37.5 Å². The van der Waals surface area contributed by atoms with Gasteiger partial charge in [0.05, 0.1) is 21.1 Å². The SMILES string of the molecule is O=C(O)[C@@H]1CC[C@H](S(=O)(=O)c2ccc(OCC(F)(F)F)cc2Cl)C1. The van der Waals surface area contributed by atoms with E-state index in [1.165, 1.54) is 0 Å². The number of carboxylic acid groups (broad SMARTS) is 1. The fourth-order valence-corrected chi connectivity index (χ4v) is 4.97. The summed E-state index contributed by atoms with van der Waals surface area (Å²) >= 11 is 5.88. The average Bonchev–Trinajstić information content (AvgIpc) is 2.95. The molecule has 0 amide bonds. The minimum Gasteiger partial charge on any atom is -0.484 e. The molecule has 0 saturated heterocycles. The van der Waals surface area contributed by atoms with E-state index >= 15 is 0 Å². The molecule has 10 heteroatoms. The molecular formula is C14H14ClF3O5S. The zero-order valence-electron chi connectivity index (χ0n) is 12.2. The second-order valence-corrected chi connectivity index (χ2v) is 8.12. The number of carboxylic acids is 1. The standard InChI is InChI=1S/C14H14ClF3O5S/c15-11-6-9(23-7-14(16,17)18)2-4-12(11)24(21,22)10-3-1-8(5-10)13(19)20/h2,4,6,8,10H,1,3,5,7H2,(H,19,20)/t8-,10+/m1/s1. The first-order valence-corrected chi connectivity index (χ1v) is 8.89. The minimum absolute atomic E-state index is 0.0136. The summed E-state index contributed by atoms with van der Waals surface area (Å²) in [5, 5.41) is 7.82. The molecule has 0 spiro atoms. The van der Waals surface area contributed by atoms with Crippen LogP contribution < -0.4 is 4.74 Å². The molecule has 0 bridgehead atoms. The topological polar surface area (TPSA) is 80.7 Å². The molecule has 0 aromatic heterocycles. The Labute approximate surface area is 141 Å². The van der Waals surface area contributed by atoms with Crippen molar-refractivity contribution in [1.29, 1.82) is 0 Å². The van der Waals surface area contributed by atoms with E-state index in [0.717, 1.165) is 18.2 Å². The van der Waals surface area contributed by atoms with Crippen LogP contribution in [0.1, 0.15) is 19.3 Å². The average molecular weight is 387 g/mol. The molecule has 134 valence electrons. The molecule has 1 aromatic rings. The van der Waals surface area contributed by atoms with E-state index in [1.807, 2.05) is 0 Å². The van der Waals surface area contributed by atoms with Gasteiger partial charge in [-0.25, -0.2) is 8.42 Å². The second kappa shape index (κ2) is 6.79. The molecule has 1 aliphatic carbocycles. The number of hydrogen-bond donors (Lipinski definition) is 1. The molecule has 0 aliphatic heterocycles.